The van der Waals surface area contributed by atoms with Gasteiger partial charge in [0.1, 0.15) is 11.6 Å². The van der Waals surface area contributed by atoms with E-state index in [0.29, 0.717) is 17.9 Å². The normalized spacial score (nSPS) is 20.9. The van der Waals surface area contributed by atoms with Crippen molar-refractivity contribution in [2.24, 2.45) is 10.7 Å². The van der Waals surface area contributed by atoms with Gasteiger partial charge in [-0.3, -0.25) is 0 Å². The first kappa shape index (κ1) is 14.4. The highest BCUT2D eigenvalue weighted by Crippen LogP contribution is 2.36. The van der Waals surface area contributed by atoms with Crippen molar-refractivity contribution >= 4 is 5.96 Å². The number of ether oxygens (including phenoxy) is 1. The average Bonchev–Trinajstić information content (AvgIpc) is 2.54. The van der Waals surface area contributed by atoms with Crippen molar-refractivity contribution < 1.29 is 9.13 Å². The third kappa shape index (κ3) is 2.74. The van der Waals surface area contributed by atoms with Gasteiger partial charge in [0.2, 0.25) is 0 Å². The number of aliphatic imine (C=N–C) groups is 1. The zero-order valence-corrected chi connectivity index (χ0v) is 12.3. The Labute approximate surface area is 128 Å². The summed E-state index contributed by atoms with van der Waals surface area (Å²) in [7, 11) is 1.63. The first-order valence-electron chi connectivity index (χ1n) is 7.16. The van der Waals surface area contributed by atoms with E-state index in [9.17, 15) is 4.39 Å². The smallest absolute Gasteiger partial charge is 0.189 e. The average molecular weight is 299 g/mol. The molecule has 0 saturated carbocycles. The zero-order valence-electron chi connectivity index (χ0n) is 12.3. The SMILES string of the molecule is COc1ccccc1C1CC(c2ccccc2F)NC(N)=N1. The third-order valence-corrected chi connectivity index (χ3v) is 3.85. The largest absolute Gasteiger partial charge is 0.496 e. The molecule has 3 N–H and O–H groups in total. The molecule has 2 aromatic carbocycles. The lowest BCUT2D eigenvalue weighted by atomic mass is 9.93. The van der Waals surface area contributed by atoms with Gasteiger partial charge in [-0.15, -0.1) is 0 Å². The number of methoxy groups -OCH3 is 1. The molecule has 1 aliphatic rings. The van der Waals surface area contributed by atoms with E-state index in [0.717, 1.165) is 11.3 Å². The summed E-state index contributed by atoms with van der Waals surface area (Å²) < 4.78 is 19.4. The molecule has 0 aromatic heterocycles. The lowest BCUT2D eigenvalue weighted by molar-refractivity contribution is 0.396. The molecular weight excluding hydrogens is 281 g/mol. The number of rotatable bonds is 3. The molecule has 0 spiro atoms. The number of hydrogen-bond acceptors (Lipinski definition) is 4. The minimum Gasteiger partial charge on any atom is -0.496 e. The number of para-hydroxylation sites is 1. The molecular formula is C17H18FN3O. The maximum Gasteiger partial charge on any atom is 0.189 e. The highest BCUT2D eigenvalue weighted by molar-refractivity contribution is 5.79. The van der Waals surface area contributed by atoms with Gasteiger partial charge in [0.15, 0.2) is 5.96 Å². The summed E-state index contributed by atoms with van der Waals surface area (Å²) in [6.45, 7) is 0. The van der Waals surface area contributed by atoms with Crippen LogP contribution in [0.2, 0.25) is 0 Å². The monoisotopic (exact) mass is 299 g/mol. The van der Waals surface area contributed by atoms with Crippen LogP contribution in [0.1, 0.15) is 29.6 Å². The fourth-order valence-corrected chi connectivity index (χ4v) is 2.82. The molecule has 0 aliphatic carbocycles. The number of guanidine groups is 1. The molecule has 1 aliphatic heterocycles. The van der Waals surface area contributed by atoms with Gasteiger partial charge in [0.05, 0.1) is 19.2 Å². The van der Waals surface area contributed by atoms with Crippen LogP contribution in [-0.4, -0.2) is 13.1 Å². The van der Waals surface area contributed by atoms with Gasteiger partial charge in [-0.2, -0.15) is 0 Å². The molecule has 22 heavy (non-hydrogen) atoms. The molecule has 1 heterocycles. The van der Waals surface area contributed by atoms with Crippen LogP contribution < -0.4 is 15.8 Å². The van der Waals surface area contributed by atoms with Gasteiger partial charge in [0, 0.05) is 11.1 Å². The summed E-state index contributed by atoms with van der Waals surface area (Å²) in [5.74, 6) is 0.835. The maximum atomic E-state index is 14.0. The standard InChI is InChI=1S/C17H18FN3O/c1-22-16-9-5-3-7-12(16)15-10-14(20-17(19)21-15)11-6-2-4-8-13(11)18/h2-9,14-15H,10H2,1H3,(H3,19,20,21). The number of nitrogens with two attached hydrogens (primary N) is 1. The molecule has 5 heteroatoms. The molecule has 2 aromatic rings. The van der Waals surface area contributed by atoms with E-state index in [1.165, 1.54) is 6.07 Å². The van der Waals surface area contributed by atoms with Crippen molar-refractivity contribution in [1.29, 1.82) is 0 Å². The van der Waals surface area contributed by atoms with Crippen LogP contribution in [0.3, 0.4) is 0 Å². The van der Waals surface area contributed by atoms with Crippen molar-refractivity contribution in [3.05, 3.63) is 65.5 Å². The summed E-state index contributed by atoms with van der Waals surface area (Å²) in [4.78, 5) is 4.45. The van der Waals surface area contributed by atoms with Crippen LogP contribution in [0.4, 0.5) is 4.39 Å². The summed E-state index contributed by atoms with van der Waals surface area (Å²) in [6, 6.07) is 14.0. The van der Waals surface area contributed by atoms with Gasteiger partial charge in [-0.1, -0.05) is 36.4 Å². The summed E-state index contributed by atoms with van der Waals surface area (Å²) in [5, 5.41) is 3.06. The number of halogens is 1. The topological polar surface area (TPSA) is 59.6 Å². The van der Waals surface area contributed by atoms with E-state index in [1.54, 1.807) is 19.2 Å². The fourth-order valence-electron chi connectivity index (χ4n) is 2.82. The van der Waals surface area contributed by atoms with Gasteiger partial charge >= 0.3 is 0 Å². The minimum atomic E-state index is -0.242. The van der Waals surface area contributed by atoms with Crippen LogP contribution in [-0.2, 0) is 0 Å². The Bertz CT molecular complexity index is 702. The van der Waals surface area contributed by atoms with Crippen LogP contribution in [0.25, 0.3) is 0 Å². The van der Waals surface area contributed by atoms with Crippen LogP contribution >= 0.6 is 0 Å². The van der Waals surface area contributed by atoms with Crippen molar-refractivity contribution in [3.8, 4) is 5.75 Å². The quantitative estimate of drug-likeness (QED) is 0.916. The third-order valence-electron chi connectivity index (χ3n) is 3.85. The highest BCUT2D eigenvalue weighted by atomic mass is 19.1. The molecule has 0 fully saturated rings. The number of benzene rings is 2. The first-order valence-corrected chi connectivity index (χ1v) is 7.16. The molecule has 0 amide bonds. The van der Waals surface area contributed by atoms with Crippen molar-refractivity contribution in [2.75, 3.05) is 7.11 Å². The van der Waals surface area contributed by atoms with Gasteiger partial charge in [-0.05, 0) is 18.6 Å². The Kier molecular flexibility index (Phi) is 3.96. The number of nitrogens with one attached hydrogen (secondary N) is 1. The van der Waals surface area contributed by atoms with E-state index in [1.807, 2.05) is 30.3 Å². The van der Waals surface area contributed by atoms with Gasteiger partial charge in [-0.25, -0.2) is 9.38 Å². The van der Waals surface area contributed by atoms with Crippen molar-refractivity contribution in [2.45, 2.75) is 18.5 Å². The Morgan fingerprint density at radius 1 is 1.14 bits per heavy atom. The predicted octanol–water partition coefficient (Wildman–Crippen LogP) is 2.92. The summed E-state index contributed by atoms with van der Waals surface area (Å²) in [5.41, 5.74) is 7.46. The Morgan fingerprint density at radius 3 is 2.55 bits per heavy atom. The second-order valence-electron chi connectivity index (χ2n) is 5.23. The number of hydrogen-bond donors (Lipinski definition) is 2. The second kappa shape index (κ2) is 6.05. The lowest BCUT2D eigenvalue weighted by Crippen LogP contribution is -2.39. The van der Waals surface area contributed by atoms with Crippen LogP contribution in [0, 0.1) is 5.82 Å². The number of nitrogens with zero attached hydrogens (tertiary/aromatic N) is 1. The van der Waals surface area contributed by atoms with E-state index >= 15 is 0 Å². The van der Waals surface area contributed by atoms with Gasteiger partial charge in [0.25, 0.3) is 0 Å². The van der Waals surface area contributed by atoms with E-state index in [-0.39, 0.29) is 17.9 Å². The Balaban J connectivity index is 1.94. The molecule has 0 radical (unpaired) electrons. The molecule has 4 nitrogen and oxygen atoms in total. The Hall–Kier alpha value is -2.56. The van der Waals surface area contributed by atoms with Gasteiger partial charge < -0.3 is 15.8 Å². The predicted molar refractivity (Wildman–Crippen MR) is 84.3 cm³/mol. The molecule has 3 rings (SSSR count). The molecule has 0 bridgehead atoms. The zero-order chi connectivity index (χ0) is 15.5. The van der Waals surface area contributed by atoms with E-state index < -0.39 is 0 Å². The maximum absolute atomic E-state index is 14.0. The summed E-state index contributed by atoms with van der Waals surface area (Å²) in [6.07, 6.45) is 0.613. The first-order chi connectivity index (χ1) is 10.7. The second-order valence-corrected chi connectivity index (χ2v) is 5.23. The molecule has 114 valence electrons. The lowest BCUT2D eigenvalue weighted by Gasteiger charge is -2.29. The molecule has 2 unspecified atom stereocenters. The highest BCUT2D eigenvalue weighted by Gasteiger charge is 2.27. The minimum absolute atomic E-state index is 0.165. The molecule has 2 atom stereocenters. The van der Waals surface area contributed by atoms with E-state index in [2.05, 4.69) is 10.3 Å². The van der Waals surface area contributed by atoms with Crippen LogP contribution in [0.15, 0.2) is 53.5 Å². The fraction of sp³-hybridized carbons (Fsp3) is 0.235. The molecule has 0 saturated heterocycles. The Morgan fingerprint density at radius 2 is 1.82 bits per heavy atom. The van der Waals surface area contributed by atoms with E-state index in [4.69, 9.17) is 10.5 Å². The van der Waals surface area contributed by atoms with Crippen LogP contribution in [0.5, 0.6) is 5.75 Å². The van der Waals surface area contributed by atoms with Crippen molar-refractivity contribution in [3.63, 3.8) is 0 Å². The summed E-state index contributed by atoms with van der Waals surface area (Å²) >= 11 is 0. The van der Waals surface area contributed by atoms with Crippen molar-refractivity contribution in [1.82, 2.24) is 5.32 Å².